The number of aromatic nitrogens is 2. The number of phenolic OH excluding ortho intramolecular Hbond substituents is 1. The lowest BCUT2D eigenvalue weighted by Gasteiger charge is -2.03. The first-order chi connectivity index (χ1) is 11.9. The Kier molecular flexibility index (Phi) is 5.38. The average Bonchev–Trinajstić information content (AvgIpc) is 2.90. The predicted octanol–water partition coefficient (Wildman–Crippen LogP) is 3.26. The van der Waals surface area contributed by atoms with Gasteiger partial charge in [0.05, 0.1) is 20.0 Å². The molecule has 0 aliphatic rings. The lowest BCUT2D eigenvalue weighted by Crippen LogP contribution is -2.17. The number of nitrogens with one attached hydrogen (secondary N) is 1. The van der Waals surface area contributed by atoms with Crippen LogP contribution in [-0.4, -0.2) is 27.2 Å². The first-order valence-electron chi connectivity index (χ1n) is 6.89. The number of nitrogen functional groups attached to an aromatic ring is 1. The molecule has 0 fully saturated rings. The third kappa shape index (κ3) is 3.69. The van der Waals surface area contributed by atoms with Crippen LogP contribution in [0.4, 0.5) is 5.82 Å². The molecule has 10 heteroatoms. The first kappa shape index (κ1) is 18.3. The van der Waals surface area contributed by atoms with E-state index in [1.54, 1.807) is 13.0 Å². The number of halogens is 2. The molecule has 2 heterocycles. The van der Waals surface area contributed by atoms with E-state index in [0.717, 1.165) is 9.13 Å². The number of nitrogens with zero attached hydrogens (tertiary/aromatic N) is 3. The fourth-order valence-electron chi connectivity index (χ4n) is 2.21. The Morgan fingerprint density at radius 3 is 2.88 bits per heavy atom. The zero-order valence-corrected chi connectivity index (χ0v) is 17.9. The maximum absolute atomic E-state index is 12.4. The van der Waals surface area contributed by atoms with Gasteiger partial charge in [-0.1, -0.05) is 0 Å². The van der Waals surface area contributed by atoms with E-state index >= 15 is 0 Å². The molecule has 0 aliphatic heterocycles. The second kappa shape index (κ2) is 7.37. The molecule has 0 spiro atoms. The van der Waals surface area contributed by atoms with Crippen molar-refractivity contribution in [1.29, 1.82) is 0 Å². The standard InChI is InChI=1S/C15H11I2N5O2S/c1-6-10-13(18)19-5-20-15(10)25-12(6)14(24)22-21-4-7-2-8(16)3-9(17)11(7)23/h2-5,23H,1H3,(H,22,24)(H2,18,19,20)/b21-4-. The van der Waals surface area contributed by atoms with Crippen molar-refractivity contribution in [3.05, 3.63) is 41.6 Å². The van der Waals surface area contributed by atoms with Gasteiger partial charge in [-0.15, -0.1) is 11.3 Å². The summed E-state index contributed by atoms with van der Waals surface area (Å²) in [6, 6.07) is 3.62. The van der Waals surface area contributed by atoms with Gasteiger partial charge in [0.2, 0.25) is 0 Å². The zero-order valence-electron chi connectivity index (χ0n) is 12.7. The van der Waals surface area contributed by atoms with Gasteiger partial charge in [-0.25, -0.2) is 15.4 Å². The van der Waals surface area contributed by atoms with Gasteiger partial charge in [0.15, 0.2) is 0 Å². The summed E-state index contributed by atoms with van der Waals surface area (Å²) >= 11 is 5.42. The van der Waals surface area contributed by atoms with E-state index in [1.807, 2.05) is 28.7 Å². The van der Waals surface area contributed by atoms with Gasteiger partial charge in [0.1, 0.15) is 22.7 Å². The smallest absolute Gasteiger partial charge is 0.281 e. The second-order valence-electron chi connectivity index (χ2n) is 5.02. The molecule has 1 amide bonds. The summed E-state index contributed by atoms with van der Waals surface area (Å²) in [6.07, 6.45) is 2.78. The van der Waals surface area contributed by atoms with Crippen molar-refractivity contribution >= 4 is 84.7 Å². The summed E-state index contributed by atoms with van der Waals surface area (Å²) < 4.78 is 1.67. The third-order valence-electron chi connectivity index (χ3n) is 3.39. The highest BCUT2D eigenvalue weighted by Crippen LogP contribution is 2.31. The Balaban J connectivity index is 1.84. The molecule has 3 rings (SSSR count). The van der Waals surface area contributed by atoms with Crippen LogP contribution in [0.25, 0.3) is 10.2 Å². The van der Waals surface area contributed by atoms with Crippen LogP contribution in [0, 0.1) is 14.1 Å². The van der Waals surface area contributed by atoms with Gasteiger partial charge >= 0.3 is 0 Å². The minimum Gasteiger partial charge on any atom is -0.506 e. The number of benzene rings is 1. The molecule has 0 radical (unpaired) electrons. The number of thiophene rings is 1. The number of fused-ring (bicyclic) bond motifs is 1. The Morgan fingerprint density at radius 1 is 1.40 bits per heavy atom. The van der Waals surface area contributed by atoms with Crippen molar-refractivity contribution in [3.63, 3.8) is 0 Å². The largest absolute Gasteiger partial charge is 0.506 e. The third-order valence-corrected chi connectivity index (χ3v) is 6.03. The number of rotatable bonds is 3. The van der Waals surface area contributed by atoms with E-state index < -0.39 is 0 Å². The number of hydrogen-bond acceptors (Lipinski definition) is 7. The fourth-order valence-corrected chi connectivity index (χ4v) is 5.15. The second-order valence-corrected chi connectivity index (χ2v) is 8.43. The molecular weight excluding hydrogens is 568 g/mol. The van der Waals surface area contributed by atoms with Gasteiger partial charge in [-0.3, -0.25) is 4.79 Å². The average molecular weight is 579 g/mol. The predicted molar refractivity (Wildman–Crippen MR) is 115 cm³/mol. The molecule has 25 heavy (non-hydrogen) atoms. The quantitative estimate of drug-likeness (QED) is 0.251. The molecule has 0 atom stereocenters. The molecule has 3 aromatic rings. The van der Waals surface area contributed by atoms with Crippen molar-refractivity contribution in [2.45, 2.75) is 6.92 Å². The molecular formula is C15H11I2N5O2S. The van der Waals surface area contributed by atoms with Gasteiger partial charge in [0, 0.05) is 9.13 Å². The van der Waals surface area contributed by atoms with Gasteiger partial charge in [-0.2, -0.15) is 5.10 Å². The Hall–Kier alpha value is -1.54. The van der Waals surface area contributed by atoms with Crippen LogP contribution in [0.3, 0.4) is 0 Å². The number of aryl methyl sites for hydroxylation is 1. The molecule has 0 saturated heterocycles. The fraction of sp³-hybridized carbons (Fsp3) is 0.0667. The maximum atomic E-state index is 12.4. The van der Waals surface area contributed by atoms with Gasteiger partial charge in [0.25, 0.3) is 5.91 Å². The normalized spacial score (nSPS) is 11.3. The van der Waals surface area contributed by atoms with Crippen molar-refractivity contribution in [1.82, 2.24) is 15.4 Å². The summed E-state index contributed by atoms with van der Waals surface area (Å²) in [4.78, 5) is 21.6. The van der Waals surface area contributed by atoms with Crippen LogP contribution in [-0.2, 0) is 0 Å². The summed E-state index contributed by atoms with van der Waals surface area (Å²) in [5.74, 6) is 0.107. The van der Waals surface area contributed by atoms with E-state index in [9.17, 15) is 9.90 Å². The SMILES string of the molecule is Cc1c(C(=O)N/N=C\c2cc(I)cc(I)c2O)sc2ncnc(N)c12. The van der Waals surface area contributed by atoms with Crippen LogP contribution in [0.15, 0.2) is 23.6 Å². The lowest BCUT2D eigenvalue weighted by molar-refractivity contribution is 0.0958. The van der Waals surface area contributed by atoms with Crippen LogP contribution < -0.4 is 11.2 Å². The molecule has 1 aromatic carbocycles. The molecule has 0 bridgehead atoms. The van der Waals surface area contributed by atoms with E-state index in [-0.39, 0.29) is 11.7 Å². The van der Waals surface area contributed by atoms with Crippen LogP contribution in [0.5, 0.6) is 5.75 Å². The Morgan fingerprint density at radius 2 is 2.16 bits per heavy atom. The van der Waals surface area contributed by atoms with E-state index in [4.69, 9.17) is 5.73 Å². The molecule has 4 N–H and O–H groups in total. The number of hydrogen-bond donors (Lipinski definition) is 3. The summed E-state index contributed by atoms with van der Waals surface area (Å²) in [7, 11) is 0. The minimum absolute atomic E-state index is 0.125. The number of carbonyl (C=O) groups excluding carboxylic acids is 1. The minimum atomic E-state index is -0.365. The van der Waals surface area contributed by atoms with Crippen molar-refractivity contribution < 1.29 is 9.90 Å². The van der Waals surface area contributed by atoms with E-state index in [2.05, 4.69) is 43.1 Å². The van der Waals surface area contributed by atoms with Crippen LogP contribution in [0.1, 0.15) is 20.8 Å². The summed E-state index contributed by atoms with van der Waals surface area (Å²) in [5.41, 5.74) is 9.57. The van der Waals surface area contributed by atoms with Crippen LogP contribution in [0.2, 0.25) is 0 Å². The molecule has 128 valence electrons. The van der Waals surface area contributed by atoms with Crippen molar-refractivity contribution in [2.75, 3.05) is 5.73 Å². The van der Waals surface area contributed by atoms with Crippen molar-refractivity contribution in [2.24, 2.45) is 5.10 Å². The topological polar surface area (TPSA) is 113 Å². The Labute approximate surface area is 174 Å². The lowest BCUT2D eigenvalue weighted by atomic mass is 10.2. The summed E-state index contributed by atoms with van der Waals surface area (Å²) in [5, 5.41) is 14.7. The van der Waals surface area contributed by atoms with E-state index in [1.165, 1.54) is 23.9 Å². The van der Waals surface area contributed by atoms with Crippen LogP contribution >= 0.6 is 56.5 Å². The maximum Gasteiger partial charge on any atom is 0.281 e. The highest BCUT2D eigenvalue weighted by Gasteiger charge is 2.18. The first-order valence-corrected chi connectivity index (χ1v) is 9.87. The molecule has 0 aliphatic carbocycles. The number of aromatic hydroxyl groups is 1. The monoisotopic (exact) mass is 579 g/mol. The van der Waals surface area contributed by atoms with Gasteiger partial charge in [-0.05, 0) is 69.8 Å². The number of carbonyl (C=O) groups is 1. The number of amides is 1. The number of nitrogens with two attached hydrogens (primary N) is 1. The van der Waals surface area contributed by atoms with Gasteiger partial charge < -0.3 is 10.8 Å². The highest BCUT2D eigenvalue weighted by atomic mass is 127. The zero-order chi connectivity index (χ0) is 18.1. The Bertz CT molecular complexity index is 1020. The number of hydrazone groups is 1. The number of anilines is 1. The molecule has 0 saturated carbocycles. The molecule has 0 unspecified atom stereocenters. The molecule has 2 aromatic heterocycles. The highest BCUT2D eigenvalue weighted by molar-refractivity contribution is 14.1. The van der Waals surface area contributed by atoms with E-state index in [0.29, 0.717) is 30.0 Å². The molecule has 7 nitrogen and oxygen atoms in total. The number of phenols is 1. The van der Waals surface area contributed by atoms with Crippen molar-refractivity contribution in [3.8, 4) is 5.75 Å². The summed E-state index contributed by atoms with van der Waals surface area (Å²) in [6.45, 7) is 1.80.